The van der Waals surface area contributed by atoms with Crippen molar-refractivity contribution in [3.05, 3.63) is 0 Å². The summed E-state index contributed by atoms with van der Waals surface area (Å²) < 4.78 is 0. The molecule has 84 valence electrons. The van der Waals surface area contributed by atoms with Gasteiger partial charge in [0.05, 0.1) is 0 Å². The summed E-state index contributed by atoms with van der Waals surface area (Å²) in [5, 5.41) is 0. The third-order valence-corrected chi connectivity index (χ3v) is 3.69. The topological polar surface area (TPSA) is 29.3 Å². The summed E-state index contributed by atoms with van der Waals surface area (Å²) in [6, 6.07) is 0. The normalized spacial score (nSPS) is 31.5. The van der Waals surface area contributed by atoms with Crippen LogP contribution in [0.3, 0.4) is 0 Å². The van der Waals surface area contributed by atoms with Gasteiger partial charge in [0.1, 0.15) is 0 Å². The van der Waals surface area contributed by atoms with Gasteiger partial charge in [0.15, 0.2) is 0 Å². The highest BCUT2D eigenvalue weighted by Gasteiger charge is 2.32. The van der Waals surface area contributed by atoms with Gasteiger partial charge in [-0.15, -0.1) is 0 Å². The summed E-state index contributed by atoms with van der Waals surface area (Å²) in [4.78, 5) is 2.44. The minimum Gasteiger partial charge on any atom is -0.330 e. The Labute approximate surface area is 88.8 Å². The van der Waals surface area contributed by atoms with Crippen LogP contribution in [0.1, 0.15) is 33.6 Å². The number of hydrogen-bond donors (Lipinski definition) is 1. The second-order valence-corrected chi connectivity index (χ2v) is 5.85. The van der Waals surface area contributed by atoms with E-state index in [0.29, 0.717) is 5.41 Å². The molecule has 1 heterocycles. The van der Waals surface area contributed by atoms with Crippen LogP contribution in [0.2, 0.25) is 0 Å². The Morgan fingerprint density at radius 3 is 2.29 bits per heavy atom. The van der Waals surface area contributed by atoms with E-state index in [2.05, 4.69) is 32.7 Å². The quantitative estimate of drug-likeness (QED) is 0.698. The Kier molecular flexibility index (Phi) is 3.96. The molecule has 2 heteroatoms. The summed E-state index contributed by atoms with van der Waals surface area (Å²) in [6.07, 6.45) is 2.58. The number of hydrogen-bond acceptors (Lipinski definition) is 2. The zero-order valence-corrected chi connectivity index (χ0v) is 10.2. The van der Waals surface area contributed by atoms with Crippen molar-refractivity contribution in [3.63, 3.8) is 0 Å². The maximum atomic E-state index is 5.89. The summed E-state index contributed by atoms with van der Waals surface area (Å²) >= 11 is 0. The fourth-order valence-electron chi connectivity index (χ4n) is 2.72. The van der Waals surface area contributed by atoms with Gasteiger partial charge in [0.2, 0.25) is 0 Å². The maximum Gasteiger partial charge on any atom is -0.00186 e. The number of nitrogens with two attached hydrogens (primary N) is 1. The molecule has 0 amide bonds. The predicted molar refractivity (Wildman–Crippen MR) is 62.2 cm³/mol. The van der Waals surface area contributed by atoms with Crippen LogP contribution in [-0.2, 0) is 0 Å². The largest absolute Gasteiger partial charge is 0.330 e. The van der Waals surface area contributed by atoms with Crippen LogP contribution in [-0.4, -0.2) is 31.6 Å². The molecule has 1 fully saturated rings. The summed E-state index contributed by atoms with van der Waals surface area (Å²) in [6.45, 7) is 10.4. The fraction of sp³-hybridized carbons (Fsp3) is 1.00. The van der Waals surface area contributed by atoms with Crippen LogP contribution >= 0.6 is 0 Å². The third-order valence-electron chi connectivity index (χ3n) is 3.69. The average molecular weight is 198 g/mol. The Bertz CT molecular complexity index is 172. The lowest BCUT2D eigenvalue weighted by molar-refractivity contribution is 0.154. The van der Waals surface area contributed by atoms with E-state index in [9.17, 15) is 0 Å². The number of rotatable bonds is 1. The smallest absolute Gasteiger partial charge is 0.00186 e. The van der Waals surface area contributed by atoms with Crippen molar-refractivity contribution >= 4 is 0 Å². The fourth-order valence-corrected chi connectivity index (χ4v) is 2.72. The molecule has 14 heavy (non-hydrogen) atoms. The molecular weight excluding hydrogens is 172 g/mol. The molecule has 0 saturated carbocycles. The third kappa shape index (κ3) is 2.96. The molecule has 2 unspecified atom stereocenters. The zero-order valence-electron chi connectivity index (χ0n) is 10.2. The van der Waals surface area contributed by atoms with Crippen molar-refractivity contribution in [2.24, 2.45) is 23.0 Å². The Morgan fingerprint density at radius 1 is 1.21 bits per heavy atom. The van der Waals surface area contributed by atoms with Crippen LogP contribution in [0.5, 0.6) is 0 Å². The first-order chi connectivity index (χ1) is 6.45. The standard InChI is InChI=1S/C12H26N2/c1-12(2,3)11-6-8-14(4)7-5-10(11)9-13/h10-11H,5-9,13H2,1-4H3. The van der Waals surface area contributed by atoms with Gasteiger partial charge < -0.3 is 10.6 Å². The van der Waals surface area contributed by atoms with Crippen LogP contribution in [0.15, 0.2) is 0 Å². The molecule has 0 spiro atoms. The molecule has 2 nitrogen and oxygen atoms in total. The van der Waals surface area contributed by atoms with E-state index in [1.165, 1.54) is 25.9 Å². The summed E-state index contributed by atoms with van der Waals surface area (Å²) in [7, 11) is 2.22. The van der Waals surface area contributed by atoms with Gasteiger partial charge in [0, 0.05) is 0 Å². The molecule has 1 rings (SSSR count). The van der Waals surface area contributed by atoms with Crippen LogP contribution in [0.4, 0.5) is 0 Å². The Morgan fingerprint density at radius 2 is 1.79 bits per heavy atom. The molecule has 1 aliphatic heterocycles. The molecule has 0 aromatic carbocycles. The second kappa shape index (κ2) is 4.63. The molecule has 0 aromatic rings. The van der Waals surface area contributed by atoms with E-state index in [1.807, 2.05) is 0 Å². The highest BCUT2D eigenvalue weighted by Crippen LogP contribution is 2.37. The number of likely N-dealkylation sites (tertiary alicyclic amines) is 1. The van der Waals surface area contributed by atoms with Crippen LogP contribution in [0.25, 0.3) is 0 Å². The molecule has 0 aromatic heterocycles. The zero-order chi connectivity index (χ0) is 10.8. The van der Waals surface area contributed by atoms with E-state index in [-0.39, 0.29) is 0 Å². The molecule has 1 aliphatic rings. The lowest BCUT2D eigenvalue weighted by atomic mass is 9.71. The molecular formula is C12H26N2. The van der Waals surface area contributed by atoms with Crippen LogP contribution in [0, 0.1) is 17.3 Å². The minimum atomic E-state index is 0.412. The van der Waals surface area contributed by atoms with Crippen molar-refractivity contribution in [3.8, 4) is 0 Å². The maximum absolute atomic E-state index is 5.89. The number of nitrogens with zero attached hydrogens (tertiary/aromatic N) is 1. The summed E-state index contributed by atoms with van der Waals surface area (Å²) in [5.41, 5.74) is 6.30. The first-order valence-electron chi connectivity index (χ1n) is 5.83. The molecule has 1 saturated heterocycles. The van der Waals surface area contributed by atoms with E-state index < -0.39 is 0 Å². The lowest BCUT2D eigenvalue weighted by Gasteiger charge is -2.35. The second-order valence-electron chi connectivity index (χ2n) is 5.85. The van der Waals surface area contributed by atoms with E-state index in [1.54, 1.807) is 0 Å². The van der Waals surface area contributed by atoms with Gasteiger partial charge in [-0.3, -0.25) is 0 Å². The molecule has 0 aliphatic carbocycles. The average Bonchev–Trinajstić information content (AvgIpc) is 2.25. The monoisotopic (exact) mass is 198 g/mol. The van der Waals surface area contributed by atoms with Crippen molar-refractivity contribution < 1.29 is 0 Å². The van der Waals surface area contributed by atoms with Gasteiger partial charge in [0.25, 0.3) is 0 Å². The van der Waals surface area contributed by atoms with Crippen molar-refractivity contribution in [1.82, 2.24) is 4.90 Å². The highest BCUT2D eigenvalue weighted by molar-refractivity contribution is 4.84. The molecule has 2 N–H and O–H groups in total. The van der Waals surface area contributed by atoms with Crippen molar-refractivity contribution in [2.75, 3.05) is 26.7 Å². The van der Waals surface area contributed by atoms with Gasteiger partial charge in [-0.1, -0.05) is 20.8 Å². The predicted octanol–water partition coefficient (Wildman–Crippen LogP) is 1.95. The van der Waals surface area contributed by atoms with Gasteiger partial charge >= 0.3 is 0 Å². The van der Waals surface area contributed by atoms with Gasteiger partial charge in [-0.05, 0) is 56.8 Å². The highest BCUT2D eigenvalue weighted by atomic mass is 15.1. The molecule has 0 bridgehead atoms. The SMILES string of the molecule is CN1CCC(CN)C(C(C)(C)C)CC1. The Balaban J connectivity index is 2.69. The van der Waals surface area contributed by atoms with Crippen LogP contribution < -0.4 is 5.73 Å². The van der Waals surface area contributed by atoms with Gasteiger partial charge in [-0.25, -0.2) is 0 Å². The first-order valence-corrected chi connectivity index (χ1v) is 5.83. The Hall–Kier alpha value is -0.0800. The lowest BCUT2D eigenvalue weighted by Crippen LogP contribution is -2.32. The summed E-state index contributed by atoms with van der Waals surface area (Å²) in [5.74, 6) is 1.51. The molecule has 2 atom stereocenters. The van der Waals surface area contributed by atoms with Crippen molar-refractivity contribution in [1.29, 1.82) is 0 Å². The van der Waals surface area contributed by atoms with Crippen molar-refractivity contribution in [2.45, 2.75) is 33.6 Å². The van der Waals surface area contributed by atoms with E-state index in [0.717, 1.165) is 18.4 Å². The molecule has 0 radical (unpaired) electrons. The van der Waals surface area contributed by atoms with Gasteiger partial charge in [-0.2, -0.15) is 0 Å². The first kappa shape index (κ1) is 12.0. The van der Waals surface area contributed by atoms with E-state index >= 15 is 0 Å². The minimum absolute atomic E-state index is 0.412. The van der Waals surface area contributed by atoms with E-state index in [4.69, 9.17) is 5.73 Å².